The summed E-state index contributed by atoms with van der Waals surface area (Å²) in [5.41, 5.74) is 4.34. The lowest BCUT2D eigenvalue weighted by molar-refractivity contribution is -0.127. The highest BCUT2D eigenvalue weighted by Crippen LogP contribution is 2.26. The minimum Gasteiger partial charge on any atom is -0.338 e. The van der Waals surface area contributed by atoms with Crippen molar-refractivity contribution in [2.75, 3.05) is 12.8 Å². The second-order valence-electron chi connectivity index (χ2n) is 7.27. The highest BCUT2D eigenvalue weighted by molar-refractivity contribution is 7.99. The van der Waals surface area contributed by atoms with E-state index < -0.39 is 0 Å². The Hall–Kier alpha value is -2.71. The smallest absolute Gasteiger partial charge is 0.233 e. The molecule has 0 spiro atoms. The van der Waals surface area contributed by atoms with Crippen LogP contribution in [0.5, 0.6) is 0 Å². The van der Waals surface area contributed by atoms with Gasteiger partial charge in [-0.3, -0.25) is 9.36 Å². The van der Waals surface area contributed by atoms with Gasteiger partial charge in [-0.05, 0) is 50.1 Å². The van der Waals surface area contributed by atoms with E-state index in [1.54, 1.807) is 16.2 Å². The summed E-state index contributed by atoms with van der Waals surface area (Å²) in [6.45, 7) is 6.57. The second kappa shape index (κ2) is 8.57. The van der Waals surface area contributed by atoms with Crippen molar-refractivity contribution in [3.8, 4) is 5.69 Å². The molecule has 2 aromatic carbocycles. The van der Waals surface area contributed by atoms with E-state index in [4.69, 9.17) is 0 Å². The molecule has 2 aromatic heterocycles. The maximum absolute atomic E-state index is 12.7. The van der Waals surface area contributed by atoms with Crippen molar-refractivity contribution in [2.45, 2.75) is 32.5 Å². The third-order valence-electron chi connectivity index (χ3n) is 4.86. The Morgan fingerprint density at radius 1 is 1.13 bits per heavy atom. The maximum Gasteiger partial charge on any atom is 0.233 e. The van der Waals surface area contributed by atoms with Gasteiger partial charge in [0.05, 0.1) is 28.2 Å². The number of carbonyl (C=O) groups excluding carboxylic acids is 1. The molecule has 0 fully saturated rings. The summed E-state index contributed by atoms with van der Waals surface area (Å²) in [4.78, 5) is 19.1. The molecule has 4 rings (SSSR count). The molecule has 0 saturated carbocycles. The van der Waals surface area contributed by atoms with E-state index in [-0.39, 0.29) is 5.91 Å². The molecule has 2 heterocycles. The van der Waals surface area contributed by atoms with Gasteiger partial charge in [0.1, 0.15) is 10.8 Å². The molecule has 30 heavy (non-hydrogen) atoms. The van der Waals surface area contributed by atoms with Gasteiger partial charge in [0, 0.05) is 7.05 Å². The van der Waals surface area contributed by atoms with Crippen molar-refractivity contribution < 1.29 is 4.79 Å². The Labute approximate surface area is 184 Å². The number of para-hydroxylation sites is 1. The summed E-state index contributed by atoms with van der Waals surface area (Å²) in [6, 6.07) is 14.3. The number of thiazole rings is 1. The van der Waals surface area contributed by atoms with Gasteiger partial charge >= 0.3 is 0 Å². The molecular formula is C22H23N5OS2. The molecule has 0 unspecified atom stereocenters. The zero-order valence-corrected chi connectivity index (χ0v) is 19.0. The summed E-state index contributed by atoms with van der Waals surface area (Å²) >= 11 is 3.04. The Kier molecular flexibility index (Phi) is 5.87. The van der Waals surface area contributed by atoms with Crippen molar-refractivity contribution in [1.29, 1.82) is 0 Å². The Balaban J connectivity index is 1.45. The first-order valence-corrected chi connectivity index (χ1v) is 11.4. The number of nitrogens with zero attached hydrogens (tertiary/aromatic N) is 5. The number of amides is 1. The lowest BCUT2D eigenvalue weighted by atomic mass is 10.1. The van der Waals surface area contributed by atoms with Gasteiger partial charge in [0.25, 0.3) is 0 Å². The van der Waals surface area contributed by atoms with E-state index in [9.17, 15) is 4.79 Å². The number of rotatable bonds is 6. The molecule has 0 aliphatic heterocycles. The predicted octanol–water partition coefficient (Wildman–Crippen LogP) is 4.55. The fraction of sp³-hybridized carbons (Fsp3) is 0.273. The van der Waals surface area contributed by atoms with Crippen LogP contribution in [0.4, 0.5) is 0 Å². The maximum atomic E-state index is 12.7. The van der Waals surface area contributed by atoms with E-state index >= 15 is 0 Å². The average Bonchev–Trinajstić information content (AvgIpc) is 3.30. The Morgan fingerprint density at radius 3 is 2.73 bits per heavy atom. The minimum absolute atomic E-state index is 0.0347. The lowest BCUT2D eigenvalue weighted by Crippen LogP contribution is -2.27. The van der Waals surface area contributed by atoms with Gasteiger partial charge in [-0.25, -0.2) is 4.98 Å². The van der Waals surface area contributed by atoms with Crippen LogP contribution in [0.1, 0.15) is 22.0 Å². The van der Waals surface area contributed by atoms with Gasteiger partial charge in [-0.1, -0.05) is 36.0 Å². The number of hydrogen-bond donors (Lipinski definition) is 0. The van der Waals surface area contributed by atoms with Crippen molar-refractivity contribution in [1.82, 2.24) is 24.6 Å². The first-order valence-electron chi connectivity index (χ1n) is 9.63. The standard InChI is InChI=1S/C22H23N5OS2/c1-14-9-10-15(2)18(11-14)27-16(3)24-25-22(27)29-13-21(28)26(4)12-20-23-17-7-5-6-8-19(17)30-20/h5-11H,12-13H2,1-4H3. The topological polar surface area (TPSA) is 63.9 Å². The van der Waals surface area contributed by atoms with Crippen LogP contribution in [0.15, 0.2) is 47.6 Å². The molecule has 6 nitrogen and oxygen atoms in total. The lowest BCUT2D eigenvalue weighted by Gasteiger charge is -2.16. The van der Waals surface area contributed by atoms with Gasteiger partial charge in [-0.2, -0.15) is 0 Å². The molecule has 0 saturated heterocycles. The number of hydrogen-bond acceptors (Lipinski definition) is 6. The van der Waals surface area contributed by atoms with Crippen molar-refractivity contribution >= 4 is 39.2 Å². The average molecular weight is 438 g/mol. The number of fused-ring (bicyclic) bond motifs is 1. The summed E-state index contributed by atoms with van der Waals surface area (Å²) in [7, 11) is 1.82. The summed E-state index contributed by atoms with van der Waals surface area (Å²) in [5, 5.41) is 10.2. The summed E-state index contributed by atoms with van der Waals surface area (Å²) in [6.07, 6.45) is 0. The van der Waals surface area contributed by atoms with E-state index in [0.29, 0.717) is 12.3 Å². The summed E-state index contributed by atoms with van der Waals surface area (Å²) < 4.78 is 3.16. The molecule has 0 radical (unpaired) electrons. The number of aromatic nitrogens is 4. The van der Waals surface area contributed by atoms with Crippen LogP contribution < -0.4 is 0 Å². The number of benzene rings is 2. The molecule has 0 N–H and O–H groups in total. The Bertz CT molecular complexity index is 1180. The van der Waals surface area contributed by atoms with Crippen LogP contribution >= 0.6 is 23.1 Å². The van der Waals surface area contributed by atoms with Crippen LogP contribution in [-0.4, -0.2) is 43.4 Å². The zero-order chi connectivity index (χ0) is 21.3. The highest BCUT2D eigenvalue weighted by atomic mass is 32.2. The highest BCUT2D eigenvalue weighted by Gasteiger charge is 2.17. The monoisotopic (exact) mass is 437 g/mol. The first-order chi connectivity index (χ1) is 14.4. The van der Waals surface area contributed by atoms with Gasteiger partial charge in [0.15, 0.2) is 5.16 Å². The Morgan fingerprint density at radius 2 is 1.93 bits per heavy atom. The largest absolute Gasteiger partial charge is 0.338 e. The van der Waals surface area contributed by atoms with Crippen molar-refractivity contribution in [3.05, 3.63) is 64.4 Å². The van der Waals surface area contributed by atoms with E-state index in [1.807, 2.05) is 36.7 Å². The number of thioether (sulfide) groups is 1. The molecule has 8 heteroatoms. The molecule has 0 bridgehead atoms. The molecule has 0 atom stereocenters. The number of carbonyl (C=O) groups is 1. The zero-order valence-electron chi connectivity index (χ0n) is 17.4. The molecule has 154 valence electrons. The fourth-order valence-electron chi connectivity index (χ4n) is 3.19. The third kappa shape index (κ3) is 4.24. The van der Waals surface area contributed by atoms with Gasteiger partial charge in [0.2, 0.25) is 5.91 Å². The molecular weight excluding hydrogens is 414 g/mol. The molecule has 4 aromatic rings. The third-order valence-corrected chi connectivity index (χ3v) is 6.80. The van der Waals surface area contributed by atoms with Crippen LogP contribution in [0, 0.1) is 20.8 Å². The summed E-state index contributed by atoms with van der Waals surface area (Å²) in [5.74, 6) is 1.14. The first kappa shape index (κ1) is 20.6. The van der Waals surface area contributed by atoms with E-state index in [2.05, 4.69) is 53.3 Å². The quantitative estimate of drug-likeness (QED) is 0.414. The fourth-order valence-corrected chi connectivity index (χ4v) is 5.14. The predicted molar refractivity (Wildman–Crippen MR) is 122 cm³/mol. The van der Waals surface area contributed by atoms with Crippen LogP contribution in [0.2, 0.25) is 0 Å². The van der Waals surface area contributed by atoms with Gasteiger partial charge in [-0.15, -0.1) is 21.5 Å². The van der Waals surface area contributed by atoms with Crippen LogP contribution in [0.25, 0.3) is 15.9 Å². The molecule has 1 amide bonds. The number of aryl methyl sites for hydroxylation is 3. The molecule has 0 aliphatic carbocycles. The van der Waals surface area contributed by atoms with Crippen molar-refractivity contribution in [3.63, 3.8) is 0 Å². The van der Waals surface area contributed by atoms with Crippen LogP contribution in [0.3, 0.4) is 0 Å². The minimum atomic E-state index is 0.0347. The van der Waals surface area contributed by atoms with E-state index in [0.717, 1.165) is 37.5 Å². The van der Waals surface area contributed by atoms with Gasteiger partial charge < -0.3 is 4.90 Å². The van der Waals surface area contributed by atoms with Crippen molar-refractivity contribution in [2.24, 2.45) is 0 Å². The van der Waals surface area contributed by atoms with Crippen LogP contribution in [-0.2, 0) is 11.3 Å². The van der Waals surface area contributed by atoms with E-state index in [1.165, 1.54) is 17.3 Å². The second-order valence-corrected chi connectivity index (χ2v) is 9.33. The SMILES string of the molecule is Cc1ccc(C)c(-n2c(C)nnc2SCC(=O)N(C)Cc2nc3ccccc3s2)c1. The normalized spacial score (nSPS) is 11.2. The molecule has 0 aliphatic rings.